The van der Waals surface area contributed by atoms with Gasteiger partial charge in [0, 0.05) is 41.9 Å². The van der Waals surface area contributed by atoms with Crippen molar-refractivity contribution in [3.8, 4) is 5.75 Å². The van der Waals surface area contributed by atoms with E-state index in [1.54, 1.807) is 0 Å². The number of benzene rings is 2. The Bertz CT molecular complexity index is 905. The van der Waals surface area contributed by atoms with Gasteiger partial charge in [-0.1, -0.05) is 15.9 Å². The van der Waals surface area contributed by atoms with Gasteiger partial charge in [-0.2, -0.15) is 0 Å². The van der Waals surface area contributed by atoms with Crippen molar-refractivity contribution in [1.29, 1.82) is 0 Å². The lowest BCUT2D eigenvalue weighted by Gasteiger charge is -2.37. The zero-order valence-corrected chi connectivity index (χ0v) is 18.8. The van der Waals surface area contributed by atoms with Crippen molar-refractivity contribution in [2.24, 2.45) is 0 Å². The summed E-state index contributed by atoms with van der Waals surface area (Å²) in [5.74, 6) is 0.913. The van der Waals surface area contributed by atoms with Crippen molar-refractivity contribution in [1.82, 2.24) is 4.90 Å². The molecule has 0 spiro atoms. The van der Waals surface area contributed by atoms with E-state index in [0.29, 0.717) is 26.1 Å². The number of nitrogens with zero attached hydrogens (tertiary/aromatic N) is 2. The highest BCUT2D eigenvalue weighted by Crippen LogP contribution is 2.25. The van der Waals surface area contributed by atoms with Gasteiger partial charge in [-0.3, -0.25) is 9.59 Å². The number of hydrogen-bond donors (Lipinski definition) is 0. The van der Waals surface area contributed by atoms with Gasteiger partial charge in [-0.25, -0.2) is 0 Å². The van der Waals surface area contributed by atoms with Crippen molar-refractivity contribution < 1.29 is 14.3 Å². The average molecular weight is 459 g/mol. The topological polar surface area (TPSA) is 49.9 Å². The molecule has 1 heterocycles. The lowest BCUT2D eigenvalue weighted by Crippen LogP contribution is -2.49. The van der Waals surface area contributed by atoms with Crippen molar-refractivity contribution in [3.63, 3.8) is 0 Å². The predicted molar refractivity (Wildman–Crippen MR) is 119 cm³/mol. The van der Waals surface area contributed by atoms with Gasteiger partial charge in [0.15, 0.2) is 0 Å². The van der Waals surface area contributed by atoms with Crippen molar-refractivity contribution >= 4 is 33.8 Å². The van der Waals surface area contributed by atoms with E-state index in [9.17, 15) is 9.59 Å². The minimum absolute atomic E-state index is 0.127. The number of carbonyl (C=O) groups is 2. The molecule has 1 aliphatic heterocycles. The third kappa shape index (κ3) is 5.18. The van der Waals surface area contributed by atoms with E-state index in [4.69, 9.17) is 4.74 Å². The number of piperazine rings is 1. The highest BCUT2D eigenvalue weighted by molar-refractivity contribution is 9.10. The predicted octanol–water partition coefficient (Wildman–Crippen LogP) is 4.30. The first-order valence-corrected chi connectivity index (χ1v) is 10.7. The Kier molecular flexibility index (Phi) is 6.96. The maximum Gasteiger partial charge on any atom is 0.226 e. The summed E-state index contributed by atoms with van der Waals surface area (Å²) in [5, 5.41) is 0. The third-order valence-electron chi connectivity index (χ3n) is 5.40. The van der Waals surface area contributed by atoms with Gasteiger partial charge in [0.1, 0.15) is 12.0 Å². The van der Waals surface area contributed by atoms with E-state index in [1.807, 2.05) is 49.9 Å². The van der Waals surface area contributed by atoms with Gasteiger partial charge in [0.2, 0.25) is 5.91 Å². The first kappa shape index (κ1) is 21.4. The van der Waals surface area contributed by atoms with Gasteiger partial charge >= 0.3 is 0 Å². The van der Waals surface area contributed by atoms with E-state index in [2.05, 4.69) is 26.9 Å². The molecule has 0 saturated carbocycles. The number of anilines is 1. The van der Waals surface area contributed by atoms with Crippen LogP contribution in [0.5, 0.6) is 5.75 Å². The number of aldehydes is 1. The molecule has 0 atom stereocenters. The maximum atomic E-state index is 12.5. The number of amides is 1. The molecule has 0 aliphatic carbocycles. The molecule has 0 bridgehead atoms. The zero-order valence-electron chi connectivity index (χ0n) is 17.2. The van der Waals surface area contributed by atoms with Crippen LogP contribution in [-0.2, 0) is 4.79 Å². The van der Waals surface area contributed by atoms with E-state index < -0.39 is 0 Å². The number of aryl methyl sites for hydroxylation is 3. The van der Waals surface area contributed by atoms with Gasteiger partial charge in [0.05, 0.1) is 13.0 Å². The summed E-state index contributed by atoms with van der Waals surface area (Å²) >= 11 is 3.47. The fourth-order valence-electron chi connectivity index (χ4n) is 3.61. The highest BCUT2D eigenvalue weighted by Gasteiger charge is 2.22. The minimum Gasteiger partial charge on any atom is -0.493 e. The lowest BCUT2D eigenvalue weighted by molar-refractivity contribution is -0.132. The van der Waals surface area contributed by atoms with Crippen LogP contribution in [0.2, 0.25) is 0 Å². The quantitative estimate of drug-likeness (QED) is 0.605. The molecule has 29 heavy (non-hydrogen) atoms. The Morgan fingerprint density at radius 2 is 1.76 bits per heavy atom. The standard InChI is InChI=1S/C23H27BrN2O3/c1-16-14-22(18(3)12-19(16)15-27)25-7-9-26(10-8-25)23(28)6-11-29-20-4-5-21(24)17(2)13-20/h4-5,12-15H,6-11H2,1-3H3. The Hall–Kier alpha value is -2.34. The Labute approximate surface area is 180 Å². The fraction of sp³-hybridized carbons (Fsp3) is 0.391. The van der Waals surface area contributed by atoms with Crippen molar-refractivity contribution in [2.45, 2.75) is 27.2 Å². The molecule has 0 aromatic heterocycles. The monoisotopic (exact) mass is 458 g/mol. The molecule has 2 aromatic carbocycles. The van der Waals surface area contributed by atoms with E-state index >= 15 is 0 Å². The Morgan fingerprint density at radius 3 is 2.41 bits per heavy atom. The van der Waals surface area contributed by atoms with Crippen LogP contribution >= 0.6 is 15.9 Å². The molecular formula is C23H27BrN2O3. The van der Waals surface area contributed by atoms with Gasteiger partial charge in [-0.15, -0.1) is 0 Å². The molecular weight excluding hydrogens is 432 g/mol. The summed E-state index contributed by atoms with van der Waals surface area (Å²) < 4.78 is 6.78. The summed E-state index contributed by atoms with van der Waals surface area (Å²) in [5.41, 5.74) is 5.07. The second-order valence-electron chi connectivity index (χ2n) is 7.49. The van der Waals surface area contributed by atoms with E-state index in [0.717, 1.165) is 57.5 Å². The first-order chi connectivity index (χ1) is 13.9. The number of halogens is 1. The lowest BCUT2D eigenvalue weighted by atomic mass is 10.0. The molecule has 1 fully saturated rings. The fourth-order valence-corrected chi connectivity index (χ4v) is 3.86. The zero-order chi connectivity index (χ0) is 21.0. The smallest absolute Gasteiger partial charge is 0.226 e. The molecule has 0 radical (unpaired) electrons. The molecule has 1 amide bonds. The number of rotatable bonds is 6. The highest BCUT2D eigenvalue weighted by atomic mass is 79.9. The van der Waals surface area contributed by atoms with E-state index in [-0.39, 0.29) is 5.91 Å². The molecule has 5 nitrogen and oxygen atoms in total. The molecule has 154 valence electrons. The summed E-state index contributed by atoms with van der Waals surface area (Å²) in [6, 6.07) is 9.84. The van der Waals surface area contributed by atoms with Gasteiger partial charge < -0.3 is 14.5 Å². The van der Waals surface area contributed by atoms with Crippen LogP contribution in [0.4, 0.5) is 5.69 Å². The molecule has 3 rings (SSSR count). The van der Waals surface area contributed by atoms with Crippen molar-refractivity contribution in [3.05, 3.63) is 57.1 Å². The molecule has 2 aromatic rings. The second-order valence-corrected chi connectivity index (χ2v) is 8.34. The Balaban J connectivity index is 1.50. The molecule has 1 aliphatic rings. The van der Waals surface area contributed by atoms with E-state index in [1.165, 1.54) is 0 Å². The Morgan fingerprint density at radius 1 is 1.03 bits per heavy atom. The normalized spacial score (nSPS) is 14.1. The molecule has 0 unspecified atom stereocenters. The van der Waals surface area contributed by atoms with Crippen LogP contribution in [0.15, 0.2) is 34.8 Å². The van der Waals surface area contributed by atoms with Crippen molar-refractivity contribution in [2.75, 3.05) is 37.7 Å². The van der Waals surface area contributed by atoms with Crippen LogP contribution in [0.1, 0.15) is 33.5 Å². The van der Waals surface area contributed by atoms with Crippen LogP contribution in [-0.4, -0.2) is 49.9 Å². The van der Waals surface area contributed by atoms with Gasteiger partial charge in [0.25, 0.3) is 0 Å². The van der Waals surface area contributed by atoms with Crippen LogP contribution < -0.4 is 9.64 Å². The van der Waals surface area contributed by atoms with Crippen LogP contribution in [0, 0.1) is 20.8 Å². The number of carbonyl (C=O) groups excluding carboxylic acids is 2. The summed E-state index contributed by atoms with van der Waals surface area (Å²) in [4.78, 5) is 27.9. The van der Waals surface area contributed by atoms with Crippen LogP contribution in [0.3, 0.4) is 0 Å². The summed E-state index contributed by atoms with van der Waals surface area (Å²) in [6.45, 7) is 9.36. The number of hydrogen-bond acceptors (Lipinski definition) is 4. The first-order valence-electron chi connectivity index (χ1n) is 9.87. The van der Waals surface area contributed by atoms with Crippen LogP contribution in [0.25, 0.3) is 0 Å². The third-order valence-corrected chi connectivity index (χ3v) is 6.29. The average Bonchev–Trinajstić information content (AvgIpc) is 2.72. The second kappa shape index (κ2) is 9.44. The summed E-state index contributed by atoms with van der Waals surface area (Å²) in [6.07, 6.45) is 1.28. The summed E-state index contributed by atoms with van der Waals surface area (Å²) in [7, 11) is 0. The minimum atomic E-state index is 0.127. The molecule has 1 saturated heterocycles. The molecule has 6 heteroatoms. The largest absolute Gasteiger partial charge is 0.493 e. The van der Waals surface area contributed by atoms with Gasteiger partial charge in [-0.05, 0) is 67.8 Å². The SMILES string of the molecule is Cc1cc(OCCC(=O)N2CCN(c3cc(C)c(C=O)cc3C)CC2)ccc1Br. The number of ether oxygens (including phenoxy) is 1. The maximum absolute atomic E-state index is 12.5. The molecule has 0 N–H and O–H groups in total.